The van der Waals surface area contributed by atoms with E-state index < -0.39 is 5.54 Å². The third kappa shape index (κ3) is 3.33. The number of rotatable bonds is 4. The molecule has 0 radical (unpaired) electrons. The second-order valence-corrected chi connectivity index (χ2v) is 8.52. The van der Waals surface area contributed by atoms with E-state index in [1.165, 1.54) is 5.56 Å². The zero-order valence-electron chi connectivity index (χ0n) is 16.5. The van der Waals surface area contributed by atoms with Crippen LogP contribution < -0.4 is 0 Å². The number of para-hydroxylation sites is 2. The van der Waals surface area contributed by atoms with Gasteiger partial charge in [-0.2, -0.15) is 10.2 Å². The van der Waals surface area contributed by atoms with Gasteiger partial charge in [0.2, 0.25) is 0 Å². The van der Waals surface area contributed by atoms with E-state index in [1.54, 1.807) is 16.3 Å². The van der Waals surface area contributed by atoms with Crippen molar-refractivity contribution in [2.75, 3.05) is 5.75 Å². The predicted molar refractivity (Wildman–Crippen MR) is 120 cm³/mol. The first kappa shape index (κ1) is 18.8. The number of benzene rings is 3. The van der Waals surface area contributed by atoms with Gasteiger partial charge in [-0.3, -0.25) is 9.36 Å². The third-order valence-corrected chi connectivity index (χ3v) is 6.52. The molecule has 3 aromatic carbocycles. The summed E-state index contributed by atoms with van der Waals surface area (Å²) in [6.07, 6.45) is 0.770. The number of azo groups is 1. The van der Waals surface area contributed by atoms with Crippen LogP contribution in [0.5, 0.6) is 0 Å². The van der Waals surface area contributed by atoms with Crippen LogP contribution >= 0.6 is 11.8 Å². The Balaban J connectivity index is 1.47. The molecule has 5 rings (SSSR count). The molecule has 5 nitrogen and oxygen atoms in total. The molecule has 0 saturated heterocycles. The minimum atomic E-state index is -0.943. The van der Waals surface area contributed by atoms with E-state index in [-0.39, 0.29) is 5.91 Å². The summed E-state index contributed by atoms with van der Waals surface area (Å²) in [5.41, 5.74) is 3.78. The van der Waals surface area contributed by atoms with Gasteiger partial charge in [0.25, 0.3) is 5.91 Å². The molecular formula is C24H20N4OS. The number of carbonyl (C=O) groups is 1. The molecule has 1 aliphatic rings. The quantitative estimate of drug-likeness (QED) is 0.391. The normalized spacial score (nSPS) is 18.8. The van der Waals surface area contributed by atoms with Crippen molar-refractivity contribution in [3.63, 3.8) is 0 Å². The van der Waals surface area contributed by atoms with Gasteiger partial charge in [-0.15, -0.1) is 0 Å². The fourth-order valence-corrected chi connectivity index (χ4v) is 4.68. The molecule has 1 aliphatic heterocycles. The van der Waals surface area contributed by atoms with Crippen LogP contribution in [0.4, 0.5) is 5.69 Å². The van der Waals surface area contributed by atoms with E-state index in [0.29, 0.717) is 5.75 Å². The van der Waals surface area contributed by atoms with E-state index in [1.807, 2.05) is 67.6 Å². The molecule has 1 atom stereocenters. The highest BCUT2D eigenvalue weighted by atomic mass is 32.2. The maximum absolute atomic E-state index is 13.4. The molecule has 6 heteroatoms. The van der Waals surface area contributed by atoms with Crippen molar-refractivity contribution >= 4 is 34.4 Å². The number of imidazole rings is 1. The SMILES string of the molecule is CC1(N=Nc2ccccc2Cc2ccccc2)CSc2nc3ccccc3n2C1=O. The van der Waals surface area contributed by atoms with Crippen LogP contribution in [0.15, 0.2) is 94.2 Å². The van der Waals surface area contributed by atoms with Gasteiger partial charge < -0.3 is 0 Å². The molecule has 1 aromatic heterocycles. The largest absolute Gasteiger partial charge is 0.271 e. The van der Waals surface area contributed by atoms with Crippen molar-refractivity contribution < 1.29 is 4.79 Å². The van der Waals surface area contributed by atoms with Crippen LogP contribution in [-0.2, 0) is 6.42 Å². The minimum absolute atomic E-state index is 0.0887. The molecule has 30 heavy (non-hydrogen) atoms. The van der Waals surface area contributed by atoms with Gasteiger partial charge in [-0.25, -0.2) is 4.98 Å². The van der Waals surface area contributed by atoms with Gasteiger partial charge in [0.15, 0.2) is 10.7 Å². The Hall–Kier alpha value is -3.25. The van der Waals surface area contributed by atoms with Gasteiger partial charge >= 0.3 is 0 Å². The molecular weight excluding hydrogens is 392 g/mol. The lowest BCUT2D eigenvalue weighted by atomic mass is 10.0. The molecule has 4 aromatic rings. The minimum Gasteiger partial charge on any atom is -0.271 e. The number of fused-ring (bicyclic) bond motifs is 3. The van der Waals surface area contributed by atoms with Crippen molar-refractivity contribution in [3.05, 3.63) is 90.0 Å². The Morgan fingerprint density at radius 3 is 2.60 bits per heavy atom. The molecule has 0 amide bonds. The van der Waals surface area contributed by atoms with Crippen molar-refractivity contribution in [3.8, 4) is 0 Å². The highest BCUT2D eigenvalue weighted by Gasteiger charge is 2.41. The van der Waals surface area contributed by atoms with Crippen LogP contribution in [0, 0.1) is 0 Å². The Labute approximate surface area is 178 Å². The van der Waals surface area contributed by atoms with Crippen LogP contribution in [0.25, 0.3) is 11.0 Å². The van der Waals surface area contributed by atoms with Crippen molar-refractivity contribution in [2.24, 2.45) is 10.2 Å². The summed E-state index contributed by atoms with van der Waals surface area (Å²) < 4.78 is 1.68. The van der Waals surface area contributed by atoms with E-state index in [4.69, 9.17) is 0 Å². The van der Waals surface area contributed by atoms with Crippen molar-refractivity contribution in [2.45, 2.75) is 24.0 Å². The first-order valence-corrected chi connectivity index (χ1v) is 10.8. The Morgan fingerprint density at radius 2 is 1.73 bits per heavy atom. The average molecular weight is 413 g/mol. The third-order valence-electron chi connectivity index (χ3n) is 5.28. The van der Waals surface area contributed by atoms with Gasteiger partial charge in [0, 0.05) is 5.75 Å². The number of thioether (sulfide) groups is 1. The number of nitrogens with zero attached hydrogens (tertiary/aromatic N) is 4. The first-order valence-electron chi connectivity index (χ1n) is 9.84. The van der Waals surface area contributed by atoms with Crippen molar-refractivity contribution in [1.29, 1.82) is 0 Å². The number of hydrogen-bond donors (Lipinski definition) is 0. The number of hydrogen-bond acceptors (Lipinski definition) is 5. The van der Waals surface area contributed by atoms with Crippen LogP contribution in [0.3, 0.4) is 0 Å². The molecule has 2 heterocycles. The molecule has 148 valence electrons. The van der Waals surface area contributed by atoms with Gasteiger partial charge in [-0.05, 0) is 42.7 Å². The molecule has 0 saturated carbocycles. The summed E-state index contributed by atoms with van der Waals surface area (Å²) >= 11 is 1.54. The average Bonchev–Trinajstić information content (AvgIpc) is 3.16. The second-order valence-electron chi connectivity index (χ2n) is 7.58. The summed E-state index contributed by atoms with van der Waals surface area (Å²) in [4.78, 5) is 17.9. The Bertz CT molecular complexity index is 1260. The topological polar surface area (TPSA) is 59.6 Å². The van der Waals surface area contributed by atoms with E-state index in [9.17, 15) is 4.79 Å². The molecule has 0 aliphatic carbocycles. The highest BCUT2D eigenvalue weighted by molar-refractivity contribution is 7.99. The standard InChI is InChI=1S/C24H20N4OS/c1-24(16-30-23-25-20-13-7-8-14-21(20)28(23)22(24)29)27-26-19-12-6-5-11-18(19)15-17-9-3-2-4-10-17/h2-14H,15-16H2,1H3. The van der Waals surface area contributed by atoms with E-state index in [0.717, 1.165) is 33.9 Å². The maximum atomic E-state index is 13.4. The van der Waals surface area contributed by atoms with Crippen LogP contribution in [0.2, 0.25) is 0 Å². The summed E-state index contributed by atoms with van der Waals surface area (Å²) in [7, 11) is 0. The van der Waals surface area contributed by atoms with E-state index in [2.05, 4.69) is 33.4 Å². The molecule has 1 unspecified atom stereocenters. The molecule has 0 bridgehead atoms. The van der Waals surface area contributed by atoms with Gasteiger partial charge in [-0.1, -0.05) is 72.4 Å². The first-order chi connectivity index (χ1) is 14.6. The van der Waals surface area contributed by atoms with Gasteiger partial charge in [0.05, 0.1) is 16.7 Å². The zero-order chi connectivity index (χ0) is 20.6. The lowest BCUT2D eigenvalue weighted by molar-refractivity contribution is 0.0816. The summed E-state index contributed by atoms with van der Waals surface area (Å²) in [5, 5.41) is 9.82. The summed E-state index contributed by atoms with van der Waals surface area (Å²) in [6.45, 7) is 1.85. The fraction of sp³-hybridized carbons (Fsp3) is 0.167. The fourth-order valence-electron chi connectivity index (χ4n) is 3.61. The zero-order valence-corrected chi connectivity index (χ0v) is 17.3. The summed E-state index contributed by atoms with van der Waals surface area (Å²) in [5.74, 6) is 0.425. The highest BCUT2D eigenvalue weighted by Crippen LogP contribution is 2.36. The number of aromatic nitrogens is 2. The number of carbonyl (C=O) groups excluding carboxylic acids is 1. The maximum Gasteiger partial charge on any atom is 0.263 e. The lowest BCUT2D eigenvalue weighted by Gasteiger charge is -2.27. The van der Waals surface area contributed by atoms with Crippen LogP contribution in [0.1, 0.15) is 22.8 Å². The summed E-state index contributed by atoms with van der Waals surface area (Å²) in [6, 6.07) is 25.9. The monoisotopic (exact) mass is 412 g/mol. The Kier molecular flexibility index (Phi) is 4.71. The smallest absolute Gasteiger partial charge is 0.263 e. The van der Waals surface area contributed by atoms with Crippen LogP contribution in [-0.4, -0.2) is 26.8 Å². The van der Waals surface area contributed by atoms with E-state index >= 15 is 0 Å². The lowest BCUT2D eigenvalue weighted by Crippen LogP contribution is -2.42. The predicted octanol–water partition coefficient (Wildman–Crippen LogP) is 5.92. The Morgan fingerprint density at radius 1 is 1.00 bits per heavy atom. The molecule has 0 fully saturated rings. The second kappa shape index (κ2) is 7.54. The molecule has 0 N–H and O–H groups in total. The van der Waals surface area contributed by atoms with Gasteiger partial charge in [0.1, 0.15) is 0 Å². The van der Waals surface area contributed by atoms with Crippen molar-refractivity contribution in [1.82, 2.24) is 9.55 Å². The molecule has 0 spiro atoms.